The molecule has 3 N–H and O–H groups in total. The van der Waals surface area contributed by atoms with Gasteiger partial charge in [-0.25, -0.2) is 0 Å². The Bertz CT molecular complexity index is 340. The molecular formula is C11H14BrNO. The monoisotopic (exact) mass is 255 g/mol. The van der Waals surface area contributed by atoms with E-state index < -0.39 is 6.10 Å². The van der Waals surface area contributed by atoms with Crippen LogP contribution >= 0.6 is 15.9 Å². The maximum Gasteiger partial charge on any atom is 0.0943 e. The van der Waals surface area contributed by atoms with Gasteiger partial charge in [0.2, 0.25) is 0 Å². The van der Waals surface area contributed by atoms with Gasteiger partial charge in [-0.1, -0.05) is 22.0 Å². The average molecular weight is 256 g/mol. The normalized spacial score (nSPS) is 26.8. The van der Waals surface area contributed by atoms with Crippen molar-refractivity contribution >= 4 is 15.9 Å². The number of hydrogen-bond donors (Lipinski definition) is 2. The minimum Gasteiger partial charge on any atom is -0.387 e. The van der Waals surface area contributed by atoms with Gasteiger partial charge >= 0.3 is 0 Å². The Morgan fingerprint density at radius 2 is 2.21 bits per heavy atom. The molecule has 0 spiro atoms. The second kappa shape index (κ2) is 4.01. The van der Waals surface area contributed by atoms with Crippen molar-refractivity contribution in [2.75, 3.05) is 0 Å². The van der Waals surface area contributed by atoms with E-state index in [1.54, 1.807) is 0 Å². The van der Waals surface area contributed by atoms with E-state index in [4.69, 9.17) is 5.73 Å². The molecule has 0 aliphatic heterocycles. The van der Waals surface area contributed by atoms with Gasteiger partial charge in [0.25, 0.3) is 0 Å². The Balaban J connectivity index is 2.43. The standard InChI is InChI=1S/C11H14BrNO/c12-8-4-5-9-7(6-8)2-1-3-10(13)11(9)14/h4-6,10-11,14H,1-3,13H2/t10-,11-/m0/s1. The van der Waals surface area contributed by atoms with Crippen LogP contribution in [-0.2, 0) is 6.42 Å². The van der Waals surface area contributed by atoms with E-state index in [1.165, 1.54) is 5.56 Å². The van der Waals surface area contributed by atoms with Crippen molar-refractivity contribution in [3.8, 4) is 0 Å². The maximum absolute atomic E-state index is 9.96. The van der Waals surface area contributed by atoms with Crippen molar-refractivity contribution in [3.63, 3.8) is 0 Å². The summed E-state index contributed by atoms with van der Waals surface area (Å²) in [6, 6.07) is 5.89. The number of aliphatic hydroxyl groups is 1. The fraction of sp³-hybridized carbons (Fsp3) is 0.455. The average Bonchev–Trinajstić information content (AvgIpc) is 2.28. The summed E-state index contributed by atoms with van der Waals surface area (Å²) in [5.41, 5.74) is 8.09. The Morgan fingerprint density at radius 3 is 3.00 bits per heavy atom. The van der Waals surface area contributed by atoms with Crippen LogP contribution in [0.15, 0.2) is 22.7 Å². The van der Waals surface area contributed by atoms with Gasteiger partial charge in [-0.3, -0.25) is 0 Å². The van der Waals surface area contributed by atoms with E-state index in [2.05, 4.69) is 22.0 Å². The fourth-order valence-corrected chi connectivity index (χ4v) is 2.40. The van der Waals surface area contributed by atoms with Crippen molar-refractivity contribution in [2.45, 2.75) is 31.4 Å². The van der Waals surface area contributed by atoms with Crippen molar-refractivity contribution in [2.24, 2.45) is 5.73 Å². The van der Waals surface area contributed by atoms with Gasteiger partial charge in [-0.05, 0) is 42.5 Å². The minimum absolute atomic E-state index is 0.113. The summed E-state index contributed by atoms with van der Waals surface area (Å²) in [4.78, 5) is 0. The van der Waals surface area contributed by atoms with Crippen LogP contribution in [0.5, 0.6) is 0 Å². The first-order valence-electron chi connectivity index (χ1n) is 4.90. The van der Waals surface area contributed by atoms with E-state index >= 15 is 0 Å². The highest BCUT2D eigenvalue weighted by atomic mass is 79.9. The summed E-state index contributed by atoms with van der Waals surface area (Å²) in [5.74, 6) is 0. The third-order valence-corrected chi connectivity index (χ3v) is 3.31. The molecule has 1 aromatic carbocycles. The minimum atomic E-state index is -0.499. The molecule has 0 fully saturated rings. The van der Waals surface area contributed by atoms with Crippen LogP contribution < -0.4 is 5.73 Å². The lowest BCUT2D eigenvalue weighted by atomic mass is 9.99. The fourth-order valence-electron chi connectivity index (χ4n) is 2.00. The number of aliphatic hydroxyl groups excluding tert-OH is 1. The smallest absolute Gasteiger partial charge is 0.0943 e. The molecule has 2 atom stereocenters. The van der Waals surface area contributed by atoms with Crippen molar-refractivity contribution in [3.05, 3.63) is 33.8 Å². The Morgan fingerprint density at radius 1 is 1.43 bits per heavy atom. The number of rotatable bonds is 0. The molecule has 0 saturated carbocycles. The third kappa shape index (κ3) is 1.85. The molecule has 0 bridgehead atoms. The lowest BCUT2D eigenvalue weighted by Crippen LogP contribution is -2.27. The molecule has 1 aromatic rings. The maximum atomic E-state index is 9.96. The zero-order valence-corrected chi connectivity index (χ0v) is 9.50. The predicted molar refractivity (Wildman–Crippen MR) is 60.0 cm³/mol. The lowest BCUT2D eigenvalue weighted by Gasteiger charge is -2.17. The number of aryl methyl sites for hydroxylation is 1. The first-order valence-corrected chi connectivity index (χ1v) is 5.70. The van der Waals surface area contributed by atoms with E-state index in [1.807, 2.05) is 12.1 Å². The molecule has 76 valence electrons. The largest absolute Gasteiger partial charge is 0.387 e. The van der Waals surface area contributed by atoms with Crippen LogP contribution in [0.3, 0.4) is 0 Å². The molecule has 1 aliphatic rings. The van der Waals surface area contributed by atoms with Crippen LogP contribution in [0.25, 0.3) is 0 Å². The predicted octanol–water partition coefficient (Wildman–Crippen LogP) is 2.15. The molecule has 0 aromatic heterocycles. The highest BCUT2D eigenvalue weighted by Gasteiger charge is 2.22. The summed E-state index contributed by atoms with van der Waals surface area (Å²) in [7, 11) is 0. The summed E-state index contributed by atoms with van der Waals surface area (Å²) < 4.78 is 1.07. The Hall–Kier alpha value is -0.380. The third-order valence-electron chi connectivity index (χ3n) is 2.81. The molecule has 2 rings (SSSR count). The molecule has 0 radical (unpaired) electrons. The quantitative estimate of drug-likeness (QED) is 0.698. The van der Waals surface area contributed by atoms with E-state index in [0.29, 0.717) is 0 Å². The van der Waals surface area contributed by atoms with Crippen LogP contribution in [0.2, 0.25) is 0 Å². The number of halogens is 1. The van der Waals surface area contributed by atoms with Gasteiger partial charge in [0.15, 0.2) is 0 Å². The molecule has 1 aliphatic carbocycles. The summed E-state index contributed by atoms with van der Waals surface area (Å²) in [6.45, 7) is 0. The number of benzene rings is 1. The van der Waals surface area contributed by atoms with Gasteiger partial charge < -0.3 is 10.8 Å². The zero-order chi connectivity index (χ0) is 10.1. The first kappa shape index (κ1) is 10.1. The van der Waals surface area contributed by atoms with Crippen LogP contribution in [0.4, 0.5) is 0 Å². The van der Waals surface area contributed by atoms with Crippen LogP contribution in [0.1, 0.15) is 30.1 Å². The van der Waals surface area contributed by atoms with Gasteiger partial charge in [0.05, 0.1) is 6.10 Å². The Kier molecular flexibility index (Phi) is 2.91. The Labute approximate surface area is 92.3 Å². The highest BCUT2D eigenvalue weighted by Crippen LogP contribution is 2.29. The van der Waals surface area contributed by atoms with E-state index in [9.17, 15) is 5.11 Å². The van der Waals surface area contributed by atoms with Gasteiger partial charge in [-0.15, -0.1) is 0 Å². The zero-order valence-electron chi connectivity index (χ0n) is 7.91. The van der Waals surface area contributed by atoms with Crippen molar-refractivity contribution in [1.82, 2.24) is 0 Å². The molecule has 3 heteroatoms. The summed E-state index contributed by atoms with van der Waals surface area (Å²) >= 11 is 3.44. The topological polar surface area (TPSA) is 46.2 Å². The molecule has 14 heavy (non-hydrogen) atoms. The number of fused-ring (bicyclic) bond motifs is 1. The number of nitrogens with two attached hydrogens (primary N) is 1. The molecule has 0 heterocycles. The van der Waals surface area contributed by atoms with Crippen LogP contribution in [0, 0.1) is 0 Å². The molecular weight excluding hydrogens is 242 g/mol. The summed E-state index contributed by atoms with van der Waals surface area (Å²) in [5, 5.41) is 9.96. The van der Waals surface area contributed by atoms with Crippen molar-refractivity contribution in [1.29, 1.82) is 0 Å². The second-order valence-corrected chi connectivity index (χ2v) is 4.76. The second-order valence-electron chi connectivity index (χ2n) is 3.84. The van der Waals surface area contributed by atoms with Gasteiger partial charge in [-0.2, -0.15) is 0 Å². The van der Waals surface area contributed by atoms with Gasteiger partial charge in [0.1, 0.15) is 0 Å². The van der Waals surface area contributed by atoms with Crippen LogP contribution in [-0.4, -0.2) is 11.1 Å². The van der Waals surface area contributed by atoms with Crippen molar-refractivity contribution < 1.29 is 5.11 Å². The SMILES string of the molecule is N[C@H]1CCCc2cc(Br)ccc2[C@@H]1O. The molecule has 0 unspecified atom stereocenters. The lowest BCUT2D eigenvalue weighted by molar-refractivity contribution is 0.144. The van der Waals surface area contributed by atoms with E-state index in [0.717, 1.165) is 29.3 Å². The summed E-state index contributed by atoms with van der Waals surface area (Å²) in [6.07, 6.45) is 2.47. The van der Waals surface area contributed by atoms with E-state index in [-0.39, 0.29) is 6.04 Å². The highest BCUT2D eigenvalue weighted by molar-refractivity contribution is 9.10. The molecule has 0 amide bonds. The molecule has 2 nitrogen and oxygen atoms in total. The molecule has 0 saturated heterocycles. The van der Waals surface area contributed by atoms with Gasteiger partial charge in [0, 0.05) is 10.5 Å². The first-order chi connectivity index (χ1) is 6.68. The number of hydrogen-bond acceptors (Lipinski definition) is 2.